The number of hydrogen-bond acceptors (Lipinski definition) is 3. The van der Waals surface area contributed by atoms with Crippen LogP contribution in [0, 0.1) is 10.7 Å². The quantitative estimate of drug-likeness (QED) is 0.498. The van der Waals surface area contributed by atoms with Crippen molar-refractivity contribution in [1.82, 2.24) is 14.9 Å². The van der Waals surface area contributed by atoms with E-state index in [1.807, 2.05) is 13.1 Å². The maximum Gasteiger partial charge on any atom is 0.216 e. The van der Waals surface area contributed by atoms with Gasteiger partial charge >= 0.3 is 0 Å². The first-order valence-corrected chi connectivity index (χ1v) is 6.08. The SMILES string of the molecule is CCc1n[nH]c(=S)n1/N=C\[C@H]1CC=CCC1. The third kappa shape index (κ3) is 2.47. The van der Waals surface area contributed by atoms with E-state index in [0.29, 0.717) is 10.7 Å². The number of hydrogen-bond donors (Lipinski definition) is 1. The summed E-state index contributed by atoms with van der Waals surface area (Å²) in [5, 5.41) is 11.3. The van der Waals surface area contributed by atoms with Gasteiger partial charge in [0.2, 0.25) is 4.77 Å². The molecule has 1 aliphatic rings. The largest absolute Gasteiger partial charge is 0.250 e. The highest BCUT2D eigenvalue weighted by Crippen LogP contribution is 2.16. The molecule has 2 rings (SSSR count). The van der Waals surface area contributed by atoms with Crippen molar-refractivity contribution in [3.63, 3.8) is 0 Å². The van der Waals surface area contributed by atoms with Crippen LogP contribution in [-0.4, -0.2) is 21.1 Å². The highest BCUT2D eigenvalue weighted by molar-refractivity contribution is 7.71. The summed E-state index contributed by atoms with van der Waals surface area (Å²) < 4.78 is 2.28. The summed E-state index contributed by atoms with van der Waals surface area (Å²) in [6.45, 7) is 2.04. The van der Waals surface area contributed by atoms with Crippen LogP contribution in [0.1, 0.15) is 32.0 Å². The zero-order valence-electron chi connectivity index (χ0n) is 9.39. The van der Waals surface area contributed by atoms with E-state index in [1.54, 1.807) is 4.68 Å². The molecule has 0 aromatic carbocycles. The van der Waals surface area contributed by atoms with Crippen molar-refractivity contribution in [2.45, 2.75) is 32.6 Å². The van der Waals surface area contributed by atoms with E-state index in [-0.39, 0.29) is 0 Å². The van der Waals surface area contributed by atoms with Crippen LogP contribution in [-0.2, 0) is 6.42 Å². The first-order chi connectivity index (χ1) is 7.81. The van der Waals surface area contributed by atoms with Gasteiger partial charge in [0.1, 0.15) is 0 Å². The molecule has 0 spiro atoms. The molecule has 0 saturated carbocycles. The summed E-state index contributed by atoms with van der Waals surface area (Å²) in [5.41, 5.74) is 0. The Labute approximate surface area is 100 Å². The van der Waals surface area contributed by atoms with E-state index >= 15 is 0 Å². The Hall–Kier alpha value is -1.23. The molecule has 0 unspecified atom stereocenters. The van der Waals surface area contributed by atoms with Crippen LogP contribution in [0.25, 0.3) is 0 Å². The topological polar surface area (TPSA) is 46.0 Å². The predicted molar refractivity (Wildman–Crippen MR) is 67.2 cm³/mol. The lowest BCUT2D eigenvalue weighted by Gasteiger charge is -2.11. The minimum atomic E-state index is 0.534. The number of H-pyrrole nitrogens is 1. The van der Waals surface area contributed by atoms with Crippen molar-refractivity contribution in [1.29, 1.82) is 0 Å². The van der Waals surface area contributed by atoms with Crippen LogP contribution >= 0.6 is 12.2 Å². The number of nitrogens with zero attached hydrogens (tertiary/aromatic N) is 3. The summed E-state index contributed by atoms with van der Waals surface area (Å²) in [5.74, 6) is 1.42. The number of nitrogens with one attached hydrogen (secondary N) is 1. The van der Waals surface area contributed by atoms with Gasteiger partial charge in [-0.1, -0.05) is 19.1 Å². The van der Waals surface area contributed by atoms with E-state index < -0.39 is 0 Å². The zero-order chi connectivity index (χ0) is 11.4. The van der Waals surface area contributed by atoms with Crippen LogP contribution in [0.15, 0.2) is 17.3 Å². The van der Waals surface area contributed by atoms with Gasteiger partial charge < -0.3 is 0 Å². The van der Waals surface area contributed by atoms with Gasteiger partial charge in [-0.15, -0.1) is 0 Å². The second-order valence-corrected chi connectivity index (χ2v) is 4.31. The summed E-state index contributed by atoms with van der Waals surface area (Å²) in [6.07, 6.45) is 10.7. The molecule has 1 N–H and O–H groups in total. The molecule has 0 bridgehead atoms. The fourth-order valence-corrected chi connectivity index (χ4v) is 1.98. The van der Waals surface area contributed by atoms with Crippen LogP contribution < -0.4 is 0 Å². The minimum Gasteiger partial charge on any atom is -0.250 e. The molecule has 1 atom stereocenters. The normalized spacial score (nSPS) is 20.7. The van der Waals surface area contributed by atoms with Gasteiger partial charge in [0.25, 0.3) is 0 Å². The molecule has 1 aromatic rings. The fourth-order valence-electron chi connectivity index (χ4n) is 1.79. The highest BCUT2D eigenvalue weighted by Gasteiger charge is 2.07. The molecular formula is C11H16N4S. The first-order valence-electron chi connectivity index (χ1n) is 5.67. The number of aromatic nitrogens is 3. The van der Waals surface area contributed by atoms with Crippen LogP contribution in [0.5, 0.6) is 0 Å². The minimum absolute atomic E-state index is 0.534. The Balaban J connectivity index is 2.13. The predicted octanol–water partition coefficient (Wildman–Crippen LogP) is 2.69. The average molecular weight is 236 g/mol. The van der Waals surface area contributed by atoms with Crippen molar-refractivity contribution in [3.8, 4) is 0 Å². The summed E-state index contributed by atoms with van der Waals surface area (Å²) in [7, 11) is 0. The molecule has 0 amide bonds. The molecule has 0 saturated heterocycles. The third-order valence-corrected chi connectivity index (χ3v) is 3.00. The van der Waals surface area contributed by atoms with Crippen molar-refractivity contribution in [3.05, 3.63) is 22.7 Å². The molecule has 1 heterocycles. The maximum atomic E-state index is 5.12. The molecule has 86 valence electrons. The Morgan fingerprint density at radius 2 is 2.56 bits per heavy atom. The molecular weight excluding hydrogens is 220 g/mol. The maximum absolute atomic E-state index is 5.12. The first kappa shape index (κ1) is 11.3. The molecule has 0 radical (unpaired) electrons. The number of allylic oxidation sites excluding steroid dienone is 2. The van der Waals surface area contributed by atoms with Crippen LogP contribution in [0.4, 0.5) is 0 Å². The smallest absolute Gasteiger partial charge is 0.216 e. The van der Waals surface area contributed by atoms with Crippen molar-refractivity contribution >= 4 is 18.4 Å². The Morgan fingerprint density at radius 3 is 3.25 bits per heavy atom. The lowest BCUT2D eigenvalue weighted by Crippen LogP contribution is -2.06. The molecule has 0 fully saturated rings. The molecule has 4 nitrogen and oxygen atoms in total. The molecule has 16 heavy (non-hydrogen) atoms. The zero-order valence-corrected chi connectivity index (χ0v) is 10.2. The van der Waals surface area contributed by atoms with Crippen molar-refractivity contribution in [2.75, 3.05) is 0 Å². The van der Waals surface area contributed by atoms with Crippen molar-refractivity contribution < 1.29 is 0 Å². The Kier molecular flexibility index (Phi) is 3.66. The fraction of sp³-hybridized carbons (Fsp3) is 0.545. The molecule has 1 aliphatic carbocycles. The second-order valence-electron chi connectivity index (χ2n) is 3.92. The van der Waals surface area contributed by atoms with Gasteiger partial charge in [-0.25, -0.2) is 0 Å². The van der Waals surface area contributed by atoms with E-state index in [0.717, 1.165) is 25.1 Å². The second kappa shape index (κ2) is 5.21. The van der Waals surface area contributed by atoms with Gasteiger partial charge in [-0.3, -0.25) is 5.10 Å². The van der Waals surface area contributed by atoms with Crippen LogP contribution in [0.2, 0.25) is 0 Å². The summed E-state index contributed by atoms with van der Waals surface area (Å²) in [4.78, 5) is 0. The number of aromatic amines is 1. The van der Waals surface area contributed by atoms with Gasteiger partial charge in [0, 0.05) is 12.6 Å². The van der Waals surface area contributed by atoms with Gasteiger partial charge in [0.15, 0.2) is 5.82 Å². The highest BCUT2D eigenvalue weighted by atomic mass is 32.1. The third-order valence-electron chi connectivity index (χ3n) is 2.74. The molecule has 1 aromatic heterocycles. The average Bonchev–Trinajstić information content (AvgIpc) is 2.69. The van der Waals surface area contributed by atoms with E-state index in [9.17, 15) is 0 Å². The summed E-state index contributed by atoms with van der Waals surface area (Å²) >= 11 is 5.12. The van der Waals surface area contributed by atoms with Crippen LogP contribution in [0.3, 0.4) is 0 Å². The Morgan fingerprint density at radius 1 is 1.69 bits per heavy atom. The van der Waals surface area contributed by atoms with Gasteiger partial charge in [0.05, 0.1) is 0 Å². The number of aryl methyl sites for hydroxylation is 1. The van der Waals surface area contributed by atoms with E-state index in [2.05, 4.69) is 27.5 Å². The summed E-state index contributed by atoms with van der Waals surface area (Å²) in [6, 6.07) is 0. The van der Waals surface area contributed by atoms with E-state index in [1.165, 1.54) is 6.42 Å². The lowest BCUT2D eigenvalue weighted by molar-refractivity contribution is 0.620. The standard InChI is InChI=1S/C11H16N4S/c1-2-10-13-14-11(16)15(10)12-8-9-6-4-3-5-7-9/h3-4,8-9H,2,5-7H2,1H3,(H,14,16)/b12-8-/t9-/m0/s1. The lowest BCUT2D eigenvalue weighted by atomic mass is 9.96. The van der Waals surface area contributed by atoms with Gasteiger partial charge in [-0.2, -0.15) is 14.9 Å². The van der Waals surface area contributed by atoms with Gasteiger partial charge in [-0.05, 0) is 37.4 Å². The number of rotatable bonds is 3. The molecule has 0 aliphatic heterocycles. The van der Waals surface area contributed by atoms with E-state index in [4.69, 9.17) is 12.2 Å². The molecule has 5 heteroatoms. The Bertz CT molecular complexity index is 455. The van der Waals surface area contributed by atoms with Crippen molar-refractivity contribution in [2.24, 2.45) is 11.0 Å². The monoisotopic (exact) mass is 236 g/mol.